The van der Waals surface area contributed by atoms with Gasteiger partial charge in [-0.05, 0) is 62.4 Å². The maximum absolute atomic E-state index is 12.8. The summed E-state index contributed by atoms with van der Waals surface area (Å²) in [4.78, 5) is 13.0. The highest BCUT2D eigenvalue weighted by Crippen LogP contribution is 2.21. The van der Waals surface area contributed by atoms with Gasteiger partial charge in [-0.1, -0.05) is 0 Å². The zero-order valence-electron chi connectivity index (χ0n) is 14.8. The van der Waals surface area contributed by atoms with Crippen LogP contribution in [0.1, 0.15) is 13.8 Å². The van der Waals surface area contributed by atoms with Gasteiger partial charge in [-0.2, -0.15) is 4.31 Å². The molecule has 1 N–H and O–H groups in total. The normalized spacial score (nSPS) is 11.8. The molecule has 0 radical (unpaired) electrons. The van der Waals surface area contributed by atoms with Crippen molar-refractivity contribution in [2.75, 3.05) is 18.1 Å². The summed E-state index contributed by atoms with van der Waals surface area (Å²) in [6.07, 6.45) is 0. The van der Waals surface area contributed by atoms with Crippen molar-refractivity contribution in [3.63, 3.8) is 0 Å². The number of rotatable bonds is 7. The molecule has 5 nitrogen and oxygen atoms in total. The summed E-state index contributed by atoms with van der Waals surface area (Å²) in [5, 5.41) is 2.71. The van der Waals surface area contributed by atoms with Gasteiger partial charge >= 0.3 is 0 Å². The van der Waals surface area contributed by atoms with Crippen LogP contribution in [0.4, 0.5) is 10.1 Å². The van der Waals surface area contributed by atoms with Gasteiger partial charge in [-0.3, -0.25) is 4.79 Å². The first kappa shape index (κ1) is 20.4. The Kier molecular flexibility index (Phi) is 6.80. The second-order valence-electron chi connectivity index (χ2n) is 5.93. The Morgan fingerprint density at radius 3 is 2.23 bits per heavy atom. The first-order valence-corrected chi connectivity index (χ1v) is 10.4. The molecule has 2 rings (SSSR count). The molecule has 0 aliphatic rings. The molecule has 0 bridgehead atoms. The van der Waals surface area contributed by atoms with Gasteiger partial charge in [0.25, 0.3) is 0 Å². The number of benzene rings is 2. The third-order valence-corrected chi connectivity index (χ3v) is 6.79. The number of nitrogens with zero attached hydrogens (tertiary/aromatic N) is 1. The van der Waals surface area contributed by atoms with E-state index in [9.17, 15) is 17.6 Å². The summed E-state index contributed by atoms with van der Waals surface area (Å²) in [6, 6.07) is 11.8. The van der Waals surface area contributed by atoms with E-state index in [0.29, 0.717) is 5.69 Å². The lowest BCUT2D eigenvalue weighted by Crippen LogP contribution is -2.33. The number of anilines is 1. The fourth-order valence-corrected chi connectivity index (χ4v) is 4.10. The van der Waals surface area contributed by atoms with Gasteiger partial charge in [0, 0.05) is 23.7 Å². The summed E-state index contributed by atoms with van der Waals surface area (Å²) in [6.45, 7) is 3.59. The second-order valence-corrected chi connectivity index (χ2v) is 8.98. The van der Waals surface area contributed by atoms with E-state index in [0.717, 1.165) is 4.90 Å². The van der Waals surface area contributed by atoms with Crippen molar-refractivity contribution in [1.29, 1.82) is 0 Å². The zero-order valence-corrected chi connectivity index (χ0v) is 16.4. The monoisotopic (exact) mass is 396 g/mol. The third-order valence-electron chi connectivity index (χ3n) is 3.73. The number of thioether (sulfide) groups is 1. The predicted molar refractivity (Wildman–Crippen MR) is 102 cm³/mol. The lowest BCUT2D eigenvalue weighted by atomic mass is 10.3. The largest absolute Gasteiger partial charge is 0.325 e. The fourth-order valence-electron chi connectivity index (χ4n) is 2.03. The van der Waals surface area contributed by atoms with Crippen molar-refractivity contribution in [2.24, 2.45) is 0 Å². The maximum Gasteiger partial charge on any atom is 0.243 e. The number of carbonyl (C=O) groups excluding carboxylic acids is 1. The Morgan fingerprint density at radius 2 is 1.69 bits per heavy atom. The minimum atomic E-state index is -3.55. The Labute approximate surface area is 157 Å². The number of amides is 1. The summed E-state index contributed by atoms with van der Waals surface area (Å²) >= 11 is 1.29. The Balaban J connectivity index is 1.96. The van der Waals surface area contributed by atoms with Crippen molar-refractivity contribution < 1.29 is 17.6 Å². The molecule has 0 spiro atoms. The minimum absolute atomic E-state index is 0.150. The number of hydrogen-bond acceptors (Lipinski definition) is 4. The Hall–Kier alpha value is -1.90. The molecule has 0 atom stereocenters. The van der Waals surface area contributed by atoms with Crippen LogP contribution in [0.3, 0.4) is 0 Å². The number of nitrogens with one attached hydrogen (secondary N) is 1. The van der Waals surface area contributed by atoms with Crippen molar-refractivity contribution >= 4 is 33.4 Å². The smallest absolute Gasteiger partial charge is 0.243 e. The number of sulfonamides is 1. The average Bonchev–Trinajstić information content (AvgIpc) is 2.61. The molecule has 0 aliphatic heterocycles. The number of hydrogen-bond donors (Lipinski definition) is 1. The zero-order chi connectivity index (χ0) is 19.3. The van der Waals surface area contributed by atoms with Crippen molar-refractivity contribution in [2.45, 2.75) is 29.7 Å². The summed E-state index contributed by atoms with van der Waals surface area (Å²) in [7, 11) is -2.02. The van der Waals surface area contributed by atoms with E-state index in [-0.39, 0.29) is 28.4 Å². The molecule has 0 saturated carbocycles. The van der Waals surface area contributed by atoms with Crippen molar-refractivity contribution in [3.05, 3.63) is 54.3 Å². The third kappa shape index (κ3) is 5.30. The molecule has 0 aromatic heterocycles. The molecule has 0 unspecified atom stereocenters. The van der Waals surface area contributed by atoms with E-state index in [1.807, 2.05) is 0 Å². The van der Waals surface area contributed by atoms with Gasteiger partial charge in [0.2, 0.25) is 15.9 Å². The number of halogens is 1. The summed E-state index contributed by atoms with van der Waals surface area (Å²) in [5.74, 6) is -0.381. The van der Waals surface area contributed by atoms with Crippen LogP contribution in [0, 0.1) is 5.82 Å². The molecule has 140 valence electrons. The highest BCUT2D eigenvalue weighted by atomic mass is 32.2. The maximum atomic E-state index is 12.8. The highest BCUT2D eigenvalue weighted by molar-refractivity contribution is 8.00. The van der Waals surface area contributed by atoms with Gasteiger partial charge < -0.3 is 5.32 Å². The minimum Gasteiger partial charge on any atom is -0.325 e. The predicted octanol–water partition coefficient (Wildman–Crippen LogP) is 3.59. The van der Waals surface area contributed by atoms with Gasteiger partial charge in [0.05, 0.1) is 10.6 Å². The van der Waals surface area contributed by atoms with Gasteiger partial charge in [-0.25, -0.2) is 12.8 Å². The van der Waals surface area contributed by atoms with Crippen LogP contribution in [0.25, 0.3) is 0 Å². The van der Waals surface area contributed by atoms with Crippen LogP contribution in [-0.2, 0) is 14.8 Å². The van der Waals surface area contributed by atoms with E-state index in [2.05, 4.69) is 5.32 Å². The average molecular weight is 397 g/mol. The molecule has 0 aliphatic carbocycles. The van der Waals surface area contributed by atoms with Crippen LogP contribution in [0.15, 0.2) is 58.3 Å². The topological polar surface area (TPSA) is 66.5 Å². The molecule has 2 aromatic rings. The van der Waals surface area contributed by atoms with Crippen LogP contribution in [0.5, 0.6) is 0 Å². The lowest BCUT2D eigenvalue weighted by Gasteiger charge is -2.21. The molecule has 0 saturated heterocycles. The van der Waals surface area contributed by atoms with E-state index in [1.54, 1.807) is 38.1 Å². The Morgan fingerprint density at radius 1 is 1.12 bits per heavy atom. The molecule has 26 heavy (non-hydrogen) atoms. The molecule has 0 heterocycles. The van der Waals surface area contributed by atoms with E-state index >= 15 is 0 Å². The van der Waals surface area contributed by atoms with Crippen LogP contribution in [0.2, 0.25) is 0 Å². The van der Waals surface area contributed by atoms with Gasteiger partial charge in [0.1, 0.15) is 5.82 Å². The number of carbonyl (C=O) groups is 1. The molecular weight excluding hydrogens is 375 g/mol. The van der Waals surface area contributed by atoms with Crippen LogP contribution in [-0.4, -0.2) is 37.5 Å². The molecule has 2 aromatic carbocycles. The summed E-state index contributed by atoms with van der Waals surface area (Å²) in [5.41, 5.74) is 0.515. The standard InChI is InChI=1S/C18H21FN2O3S2/c1-13(2)21(3)26(23,24)17-10-6-15(7-11-17)20-18(22)12-25-16-8-4-14(19)5-9-16/h4-11,13H,12H2,1-3H3,(H,20,22). The quantitative estimate of drug-likeness (QED) is 0.727. The Bertz CT molecular complexity index is 851. The lowest BCUT2D eigenvalue weighted by molar-refractivity contribution is -0.113. The van der Waals surface area contributed by atoms with Crippen LogP contribution < -0.4 is 5.32 Å². The van der Waals surface area contributed by atoms with E-state index < -0.39 is 10.0 Å². The second kappa shape index (κ2) is 8.66. The first-order valence-electron chi connectivity index (χ1n) is 7.96. The van der Waals surface area contributed by atoms with Gasteiger partial charge in [-0.15, -0.1) is 11.8 Å². The fraction of sp³-hybridized carbons (Fsp3) is 0.278. The van der Waals surface area contributed by atoms with Gasteiger partial charge in [0.15, 0.2) is 0 Å². The molecule has 0 fully saturated rings. The highest BCUT2D eigenvalue weighted by Gasteiger charge is 2.22. The van der Waals surface area contributed by atoms with Crippen molar-refractivity contribution in [3.8, 4) is 0 Å². The molecule has 8 heteroatoms. The molecule has 1 amide bonds. The van der Waals surface area contributed by atoms with E-state index in [1.165, 1.54) is 47.4 Å². The van der Waals surface area contributed by atoms with E-state index in [4.69, 9.17) is 0 Å². The summed E-state index contributed by atoms with van der Waals surface area (Å²) < 4.78 is 38.9. The first-order chi connectivity index (χ1) is 12.2. The van der Waals surface area contributed by atoms with Crippen molar-refractivity contribution in [1.82, 2.24) is 4.31 Å². The SMILES string of the molecule is CC(C)N(C)S(=O)(=O)c1ccc(NC(=O)CSc2ccc(F)cc2)cc1. The molecular formula is C18H21FN2O3S2. The van der Waals surface area contributed by atoms with Crippen LogP contribution >= 0.6 is 11.8 Å².